The summed E-state index contributed by atoms with van der Waals surface area (Å²) < 4.78 is 13.5. The zero-order valence-electron chi connectivity index (χ0n) is 11.7. The number of hydrogen-bond acceptors (Lipinski definition) is 4. The molecule has 18 heavy (non-hydrogen) atoms. The fourth-order valence-corrected chi connectivity index (χ4v) is 2.02. The molecule has 1 aliphatic rings. The molecule has 0 saturated heterocycles. The number of ether oxygens (including phenoxy) is 2. The van der Waals surface area contributed by atoms with Crippen LogP contribution in [0.15, 0.2) is 6.20 Å². The summed E-state index contributed by atoms with van der Waals surface area (Å²) in [7, 11) is 1.92. The highest BCUT2D eigenvalue weighted by atomic mass is 16.5. The van der Waals surface area contributed by atoms with Crippen LogP contribution >= 0.6 is 0 Å². The standard InChI is InChI=1S/C13H23N3O2/c1-13(2,3)11-7-15-16-8-10(9-18-12(11)16)17-6-5-14-4/h7,10,14H,5-6,8-9H2,1-4H3. The summed E-state index contributed by atoms with van der Waals surface area (Å²) in [5.41, 5.74) is 1.23. The highest BCUT2D eigenvalue weighted by Crippen LogP contribution is 2.33. The summed E-state index contributed by atoms with van der Waals surface area (Å²) in [6, 6.07) is 0. The second-order valence-electron chi connectivity index (χ2n) is 5.70. The van der Waals surface area contributed by atoms with Gasteiger partial charge in [-0.1, -0.05) is 20.8 Å². The highest BCUT2D eigenvalue weighted by Gasteiger charge is 2.28. The third kappa shape index (κ3) is 2.84. The van der Waals surface area contributed by atoms with E-state index < -0.39 is 0 Å². The normalized spacial score (nSPS) is 19.4. The van der Waals surface area contributed by atoms with Gasteiger partial charge < -0.3 is 14.8 Å². The van der Waals surface area contributed by atoms with E-state index in [4.69, 9.17) is 9.47 Å². The molecular weight excluding hydrogens is 230 g/mol. The minimum absolute atomic E-state index is 0.0629. The third-order valence-electron chi connectivity index (χ3n) is 3.09. The predicted octanol–water partition coefficient (Wildman–Crippen LogP) is 1.18. The van der Waals surface area contributed by atoms with E-state index in [1.807, 2.05) is 17.9 Å². The fourth-order valence-electron chi connectivity index (χ4n) is 2.02. The Morgan fingerprint density at radius 2 is 2.33 bits per heavy atom. The lowest BCUT2D eigenvalue weighted by Crippen LogP contribution is -2.35. The molecule has 0 saturated carbocycles. The third-order valence-corrected chi connectivity index (χ3v) is 3.09. The molecule has 102 valence electrons. The zero-order chi connectivity index (χ0) is 13.2. The molecule has 1 N–H and O–H groups in total. The lowest BCUT2D eigenvalue weighted by Gasteiger charge is -2.27. The Labute approximate surface area is 108 Å². The van der Waals surface area contributed by atoms with Crippen LogP contribution in [0.4, 0.5) is 0 Å². The van der Waals surface area contributed by atoms with Crippen molar-refractivity contribution in [3.05, 3.63) is 11.8 Å². The van der Waals surface area contributed by atoms with E-state index in [1.165, 1.54) is 0 Å². The Morgan fingerprint density at radius 3 is 3.00 bits per heavy atom. The van der Waals surface area contributed by atoms with E-state index in [9.17, 15) is 0 Å². The number of nitrogens with zero attached hydrogens (tertiary/aromatic N) is 2. The summed E-state index contributed by atoms with van der Waals surface area (Å²) in [6.07, 6.45) is 2.00. The molecule has 1 unspecified atom stereocenters. The van der Waals surface area contributed by atoms with Crippen molar-refractivity contribution in [2.45, 2.75) is 38.8 Å². The number of rotatable bonds is 4. The zero-order valence-corrected chi connectivity index (χ0v) is 11.7. The van der Waals surface area contributed by atoms with Gasteiger partial charge >= 0.3 is 0 Å². The van der Waals surface area contributed by atoms with Crippen molar-refractivity contribution in [3.63, 3.8) is 0 Å². The van der Waals surface area contributed by atoms with Crippen molar-refractivity contribution in [1.29, 1.82) is 0 Å². The lowest BCUT2D eigenvalue weighted by molar-refractivity contribution is -0.0111. The van der Waals surface area contributed by atoms with Gasteiger partial charge in [0.2, 0.25) is 5.88 Å². The molecule has 0 amide bonds. The van der Waals surface area contributed by atoms with Crippen molar-refractivity contribution in [2.75, 3.05) is 26.8 Å². The summed E-state index contributed by atoms with van der Waals surface area (Å²) >= 11 is 0. The molecule has 2 heterocycles. The van der Waals surface area contributed by atoms with Gasteiger partial charge in [-0.05, 0) is 12.5 Å². The van der Waals surface area contributed by atoms with Crippen molar-refractivity contribution < 1.29 is 9.47 Å². The molecule has 0 spiro atoms. The molecule has 2 rings (SSSR count). The smallest absolute Gasteiger partial charge is 0.215 e. The van der Waals surface area contributed by atoms with Crippen LogP contribution in [-0.4, -0.2) is 42.7 Å². The summed E-state index contributed by atoms with van der Waals surface area (Å²) in [5.74, 6) is 0.899. The van der Waals surface area contributed by atoms with Gasteiger partial charge in [-0.3, -0.25) is 0 Å². The maximum atomic E-state index is 5.82. The van der Waals surface area contributed by atoms with E-state index in [0.29, 0.717) is 13.2 Å². The Morgan fingerprint density at radius 1 is 1.56 bits per heavy atom. The molecule has 1 aromatic rings. The van der Waals surface area contributed by atoms with Crippen LogP contribution < -0.4 is 10.1 Å². The van der Waals surface area contributed by atoms with Crippen LogP contribution in [0.25, 0.3) is 0 Å². The molecule has 0 aliphatic carbocycles. The number of nitrogens with one attached hydrogen (secondary N) is 1. The van der Waals surface area contributed by atoms with E-state index in [1.54, 1.807) is 0 Å². The molecular formula is C13H23N3O2. The summed E-state index contributed by atoms with van der Waals surface area (Å²) in [5, 5.41) is 7.46. The number of fused-ring (bicyclic) bond motifs is 1. The van der Waals surface area contributed by atoms with Gasteiger partial charge in [0.05, 0.1) is 19.3 Å². The molecule has 0 bridgehead atoms. The first-order valence-corrected chi connectivity index (χ1v) is 6.47. The van der Waals surface area contributed by atoms with Gasteiger partial charge in [-0.2, -0.15) is 5.10 Å². The van der Waals surface area contributed by atoms with E-state index >= 15 is 0 Å². The SMILES string of the molecule is CNCCOC1COc2c(C(C)(C)C)cnn2C1. The molecule has 5 heteroatoms. The van der Waals surface area contributed by atoms with E-state index in [2.05, 4.69) is 31.2 Å². The number of likely N-dealkylation sites (N-methyl/N-ethyl adjacent to an activating group) is 1. The average Bonchev–Trinajstić information content (AvgIpc) is 2.72. The summed E-state index contributed by atoms with van der Waals surface area (Å²) in [6.45, 7) is 9.45. The van der Waals surface area contributed by atoms with Crippen LogP contribution in [0.3, 0.4) is 0 Å². The molecule has 0 radical (unpaired) electrons. The first kappa shape index (κ1) is 13.4. The maximum absolute atomic E-state index is 5.82. The van der Waals surface area contributed by atoms with Crippen LogP contribution in [0.1, 0.15) is 26.3 Å². The summed E-state index contributed by atoms with van der Waals surface area (Å²) in [4.78, 5) is 0. The van der Waals surface area contributed by atoms with Gasteiger partial charge in [-0.15, -0.1) is 0 Å². The molecule has 1 atom stereocenters. The van der Waals surface area contributed by atoms with Crippen LogP contribution in [0.2, 0.25) is 0 Å². The quantitative estimate of drug-likeness (QED) is 0.819. The fraction of sp³-hybridized carbons (Fsp3) is 0.769. The minimum atomic E-state index is 0.0629. The average molecular weight is 253 g/mol. The van der Waals surface area contributed by atoms with Crippen molar-refractivity contribution in [3.8, 4) is 5.88 Å². The van der Waals surface area contributed by atoms with E-state index in [0.717, 1.165) is 24.5 Å². The van der Waals surface area contributed by atoms with Gasteiger partial charge in [0, 0.05) is 12.1 Å². The lowest BCUT2D eigenvalue weighted by atomic mass is 9.89. The van der Waals surface area contributed by atoms with Gasteiger partial charge in [0.25, 0.3) is 0 Å². The largest absolute Gasteiger partial charge is 0.475 e. The van der Waals surface area contributed by atoms with Crippen molar-refractivity contribution in [1.82, 2.24) is 15.1 Å². The monoisotopic (exact) mass is 253 g/mol. The highest BCUT2D eigenvalue weighted by molar-refractivity contribution is 5.32. The molecule has 5 nitrogen and oxygen atoms in total. The van der Waals surface area contributed by atoms with Crippen LogP contribution in [0.5, 0.6) is 5.88 Å². The topological polar surface area (TPSA) is 48.3 Å². The molecule has 0 aromatic carbocycles. The second-order valence-corrected chi connectivity index (χ2v) is 5.70. The Kier molecular flexibility index (Phi) is 3.92. The first-order valence-electron chi connectivity index (χ1n) is 6.47. The Bertz CT molecular complexity index is 395. The maximum Gasteiger partial charge on any atom is 0.215 e. The van der Waals surface area contributed by atoms with Crippen molar-refractivity contribution in [2.24, 2.45) is 0 Å². The number of hydrogen-bond donors (Lipinski definition) is 1. The molecule has 1 aromatic heterocycles. The first-order chi connectivity index (χ1) is 8.52. The minimum Gasteiger partial charge on any atom is -0.475 e. The van der Waals surface area contributed by atoms with Crippen LogP contribution in [-0.2, 0) is 16.7 Å². The van der Waals surface area contributed by atoms with Crippen molar-refractivity contribution >= 4 is 0 Å². The van der Waals surface area contributed by atoms with Gasteiger partial charge in [-0.25, -0.2) is 4.68 Å². The van der Waals surface area contributed by atoms with Crippen LogP contribution in [0, 0.1) is 0 Å². The Balaban J connectivity index is 2.01. The van der Waals surface area contributed by atoms with Gasteiger partial charge in [0.1, 0.15) is 12.7 Å². The molecule has 0 fully saturated rings. The van der Waals surface area contributed by atoms with Gasteiger partial charge in [0.15, 0.2) is 0 Å². The van der Waals surface area contributed by atoms with E-state index in [-0.39, 0.29) is 11.5 Å². The second kappa shape index (κ2) is 5.28. The molecule has 1 aliphatic heterocycles. The Hall–Kier alpha value is -1.07. The predicted molar refractivity (Wildman–Crippen MR) is 70.1 cm³/mol. The number of aromatic nitrogens is 2.